The number of alkyl halides is 3. The molecule has 10 heteroatoms. The summed E-state index contributed by atoms with van der Waals surface area (Å²) >= 11 is 0. The number of ether oxygens (including phenoxy) is 1. The zero-order valence-electron chi connectivity index (χ0n) is 12.8. The van der Waals surface area contributed by atoms with Crippen LogP contribution in [0.5, 0.6) is 0 Å². The van der Waals surface area contributed by atoms with Crippen LogP contribution in [0.1, 0.15) is 12.8 Å². The summed E-state index contributed by atoms with van der Waals surface area (Å²) < 4.78 is 42.3. The molecule has 0 atom stereocenters. The van der Waals surface area contributed by atoms with Crippen molar-refractivity contribution in [2.45, 2.75) is 19.0 Å². The summed E-state index contributed by atoms with van der Waals surface area (Å²) in [6.07, 6.45) is -3.01. The Hall–Kier alpha value is -0.280. The van der Waals surface area contributed by atoms with Gasteiger partial charge in [0, 0.05) is 45.9 Å². The van der Waals surface area contributed by atoms with E-state index in [2.05, 4.69) is 0 Å². The van der Waals surface area contributed by atoms with Crippen LogP contribution in [0.15, 0.2) is 0 Å². The Balaban J connectivity index is 0.00000242. The van der Waals surface area contributed by atoms with Crippen LogP contribution in [0, 0.1) is 5.41 Å². The van der Waals surface area contributed by atoms with Crippen molar-refractivity contribution in [3.63, 3.8) is 0 Å². The third-order valence-corrected chi connectivity index (χ3v) is 4.36. The zero-order chi connectivity index (χ0) is 15.5. The Morgan fingerprint density at radius 2 is 1.61 bits per heavy atom. The second-order valence-corrected chi connectivity index (χ2v) is 5.78. The molecule has 0 unspecified atom stereocenters. The lowest BCUT2D eigenvalue weighted by atomic mass is 9.78. The second-order valence-electron chi connectivity index (χ2n) is 5.78. The molecule has 0 spiro atoms. The van der Waals surface area contributed by atoms with Crippen molar-refractivity contribution in [2.24, 2.45) is 11.1 Å². The van der Waals surface area contributed by atoms with E-state index in [-0.39, 0.29) is 50.4 Å². The molecule has 2 aliphatic rings. The summed E-state index contributed by atoms with van der Waals surface area (Å²) in [5.74, 6) is -0.0278. The van der Waals surface area contributed by atoms with E-state index >= 15 is 0 Å². The number of halogens is 5. The molecule has 2 rings (SSSR count). The van der Waals surface area contributed by atoms with E-state index in [0.29, 0.717) is 39.1 Å². The van der Waals surface area contributed by atoms with Gasteiger partial charge in [-0.3, -0.25) is 9.69 Å². The number of carbonyl (C=O) groups is 1. The Bertz CT molecular complexity index is 372. The summed E-state index contributed by atoms with van der Waals surface area (Å²) in [5, 5.41) is 0. The van der Waals surface area contributed by atoms with Crippen LogP contribution in [0.2, 0.25) is 0 Å². The molecule has 2 heterocycles. The monoisotopic (exact) mass is 381 g/mol. The van der Waals surface area contributed by atoms with Crippen LogP contribution < -0.4 is 5.73 Å². The lowest BCUT2D eigenvalue weighted by Crippen LogP contribution is -2.57. The molecule has 2 saturated heterocycles. The smallest absolute Gasteiger partial charge is 0.381 e. The van der Waals surface area contributed by atoms with Crippen LogP contribution in [0.4, 0.5) is 13.2 Å². The van der Waals surface area contributed by atoms with E-state index in [9.17, 15) is 18.0 Å². The Morgan fingerprint density at radius 1 is 1.09 bits per heavy atom. The first-order valence-electron chi connectivity index (χ1n) is 7.23. The molecule has 0 radical (unpaired) electrons. The van der Waals surface area contributed by atoms with Crippen molar-refractivity contribution in [1.82, 2.24) is 9.80 Å². The van der Waals surface area contributed by atoms with Crippen LogP contribution in [0.25, 0.3) is 0 Å². The Kier molecular flexibility index (Phi) is 9.15. The van der Waals surface area contributed by atoms with Crippen molar-refractivity contribution >= 4 is 30.7 Å². The minimum Gasteiger partial charge on any atom is -0.381 e. The van der Waals surface area contributed by atoms with Crippen molar-refractivity contribution in [2.75, 3.05) is 52.5 Å². The fourth-order valence-corrected chi connectivity index (χ4v) is 2.97. The minimum atomic E-state index is -4.19. The SMILES string of the molecule is Cl.Cl.NCC1(C(=O)N2CCN(CC(F)(F)F)CC2)CCOCC1. The molecule has 0 aliphatic carbocycles. The first-order valence-corrected chi connectivity index (χ1v) is 7.23. The fourth-order valence-electron chi connectivity index (χ4n) is 2.97. The van der Waals surface area contributed by atoms with E-state index in [1.54, 1.807) is 4.90 Å². The molecule has 2 fully saturated rings. The Morgan fingerprint density at radius 3 is 2.04 bits per heavy atom. The fraction of sp³-hybridized carbons (Fsp3) is 0.923. The maximum absolute atomic E-state index is 12.6. The van der Waals surface area contributed by atoms with Crippen LogP contribution in [-0.2, 0) is 9.53 Å². The van der Waals surface area contributed by atoms with Gasteiger partial charge >= 0.3 is 6.18 Å². The van der Waals surface area contributed by atoms with Gasteiger partial charge in [0.2, 0.25) is 5.91 Å². The molecule has 0 aromatic rings. The van der Waals surface area contributed by atoms with Gasteiger partial charge in [-0.15, -0.1) is 24.8 Å². The number of hydrogen-bond acceptors (Lipinski definition) is 4. The number of amides is 1. The van der Waals surface area contributed by atoms with Gasteiger partial charge in [0.25, 0.3) is 0 Å². The Labute approximate surface area is 146 Å². The molecule has 1 amide bonds. The predicted molar refractivity (Wildman–Crippen MR) is 85.1 cm³/mol. The van der Waals surface area contributed by atoms with Gasteiger partial charge in [-0.2, -0.15) is 13.2 Å². The van der Waals surface area contributed by atoms with Crippen molar-refractivity contribution in [1.29, 1.82) is 0 Å². The molecule has 2 N–H and O–H groups in total. The van der Waals surface area contributed by atoms with Crippen molar-refractivity contribution in [3.05, 3.63) is 0 Å². The molecule has 0 saturated carbocycles. The number of rotatable bonds is 3. The van der Waals surface area contributed by atoms with E-state index in [1.807, 2.05) is 0 Å². The number of carbonyl (C=O) groups excluding carboxylic acids is 1. The molecule has 5 nitrogen and oxygen atoms in total. The normalized spacial score (nSPS) is 22.0. The van der Waals surface area contributed by atoms with Gasteiger partial charge in [0.05, 0.1) is 12.0 Å². The molecular formula is C13H24Cl2F3N3O2. The molecule has 0 aromatic heterocycles. The van der Waals surface area contributed by atoms with E-state index < -0.39 is 18.1 Å². The largest absolute Gasteiger partial charge is 0.401 e. The third kappa shape index (κ3) is 5.94. The van der Waals surface area contributed by atoms with Crippen LogP contribution in [-0.4, -0.2) is 74.4 Å². The van der Waals surface area contributed by atoms with Gasteiger partial charge in [0.1, 0.15) is 0 Å². The maximum Gasteiger partial charge on any atom is 0.401 e. The van der Waals surface area contributed by atoms with Crippen molar-refractivity contribution < 1.29 is 22.7 Å². The number of piperazine rings is 1. The molecule has 23 heavy (non-hydrogen) atoms. The lowest BCUT2D eigenvalue weighted by molar-refractivity contribution is -0.157. The first kappa shape index (κ1) is 22.7. The number of nitrogens with two attached hydrogens (primary N) is 1. The minimum absolute atomic E-state index is 0. The molecule has 138 valence electrons. The zero-order valence-corrected chi connectivity index (χ0v) is 14.4. The number of nitrogens with zero attached hydrogens (tertiary/aromatic N) is 2. The predicted octanol–water partition coefficient (Wildman–Crippen LogP) is 1.29. The van der Waals surface area contributed by atoms with Gasteiger partial charge in [0.15, 0.2) is 0 Å². The van der Waals surface area contributed by atoms with Gasteiger partial charge in [-0.05, 0) is 12.8 Å². The standard InChI is InChI=1S/C13H22F3N3O2.2ClH/c14-13(15,16)10-18-3-5-19(6-4-18)11(20)12(9-17)1-7-21-8-2-12;;/h1-10,17H2;2*1H. The lowest BCUT2D eigenvalue weighted by Gasteiger charge is -2.42. The van der Waals surface area contributed by atoms with E-state index in [0.717, 1.165) is 0 Å². The molecular weight excluding hydrogens is 358 g/mol. The highest BCUT2D eigenvalue weighted by Crippen LogP contribution is 2.32. The van der Waals surface area contributed by atoms with Gasteiger partial charge in [-0.1, -0.05) is 0 Å². The third-order valence-electron chi connectivity index (χ3n) is 4.36. The van der Waals surface area contributed by atoms with Gasteiger partial charge in [-0.25, -0.2) is 0 Å². The number of hydrogen-bond donors (Lipinski definition) is 1. The highest BCUT2D eigenvalue weighted by molar-refractivity contribution is 5.85. The van der Waals surface area contributed by atoms with Crippen LogP contribution in [0.3, 0.4) is 0 Å². The average Bonchev–Trinajstić information content (AvgIpc) is 2.46. The topological polar surface area (TPSA) is 58.8 Å². The summed E-state index contributed by atoms with van der Waals surface area (Å²) in [6, 6.07) is 0. The summed E-state index contributed by atoms with van der Waals surface area (Å²) in [4.78, 5) is 15.6. The first-order chi connectivity index (χ1) is 9.86. The summed E-state index contributed by atoms with van der Waals surface area (Å²) in [5.41, 5.74) is 5.20. The van der Waals surface area contributed by atoms with E-state index in [1.165, 1.54) is 4.90 Å². The van der Waals surface area contributed by atoms with Crippen LogP contribution >= 0.6 is 24.8 Å². The van der Waals surface area contributed by atoms with Gasteiger partial charge < -0.3 is 15.4 Å². The summed E-state index contributed by atoms with van der Waals surface area (Å²) in [7, 11) is 0. The second kappa shape index (κ2) is 9.27. The maximum atomic E-state index is 12.6. The molecule has 2 aliphatic heterocycles. The quantitative estimate of drug-likeness (QED) is 0.800. The van der Waals surface area contributed by atoms with E-state index in [4.69, 9.17) is 10.5 Å². The molecule has 0 aromatic carbocycles. The molecule has 0 bridgehead atoms. The van der Waals surface area contributed by atoms with Crippen molar-refractivity contribution in [3.8, 4) is 0 Å². The highest BCUT2D eigenvalue weighted by atomic mass is 35.5. The highest BCUT2D eigenvalue weighted by Gasteiger charge is 2.42. The summed E-state index contributed by atoms with van der Waals surface area (Å²) in [6.45, 7) is 1.54. The average molecular weight is 382 g/mol.